The van der Waals surface area contributed by atoms with Crippen molar-refractivity contribution in [2.24, 2.45) is 0 Å². The number of benzene rings is 1. The smallest absolute Gasteiger partial charge is 0.446 e. The third-order valence-corrected chi connectivity index (χ3v) is 3.20. The van der Waals surface area contributed by atoms with Crippen LogP contribution in [0.2, 0.25) is 0 Å². The molecule has 1 rings (SSSR count). The molecule has 0 aliphatic heterocycles. The Morgan fingerprint density at radius 1 is 1.53 bits per heavy atom. The molecule has 1 aromatic rings. The first-order chi connectivity index (χ1) is 8.84. The van der Waals surface area contributed by atoms with Gasteiger partial charge in [-0.2, -0.15) is 18.4 Å². The van der Waals surface area contributed by atoms with E-state index in [0.717, 1.165) is 13.2 Å². The number of alkyl halides is 4. The standard InChI is InChI=1S/C11H7ClF3NO2S/c1-18-10(17)9-7(5-16)6(4-12)2-3-8(9)19-11(13,14)15/h2-3H,4H2,1H3. The Balaban J connectivity index is 3.48. The molecule has 0 aliphatic carbocycles. The summed E-state index contributed by atoms with van der Waals surface area (Å²) in [6.07, 6.45) is 0. The van der Waals surface area contributed by atoms with E-state index >= 15 is 0 Å². The van der Waals surface area contributed by atoms with Gasteiger partial charge < -0.3 is 4.74 Å². The number of nitrogens with zero attached hydrogens (tertiary/aromatic N) is 1. The summed E-state index contributed by atoms with van der Waals surface area (Å²) in [5, 5.41) is 8.99. The second-order valence-electron chi connectivity index (χ2n) is 3.26. The van der Waals surface area contributed by atoms with Gasteiger partial charge in [0.25, 0.3) is 0 Å². The van der Waals surface area contributed by atoms with E-state index in [1.54, 1.807) is 6.07 Å². The summed E-state index contributed by atoms with van der Waals surface area (Å²) in [5.74, 6) is -1.10. The monoisotopic (exact) mass is 309 g/mol. The molecule has 0 unspecified atom stereocenters. The van der Waals surface area contributed by atoms with Crippen molar-refractivity contribution in [1.29, 1.82) is 5.26 Å². The lowest BCUT2D eigenvalue weighted by Gasteiger charge is -2.13. The number of ether oxygens (including phenoxy) is 1. The number of carbonyl (C=O) groups is 1. The van der Waals surface area contributed by atoms with Crippen molar-refractivity contribution < 1.29 is 22.7 Å². The van der Waals surface area contributed by atoms with E-state index in [9.17, 15) is 18.0 Å². The molecule has 0 amide bonds. The Hall–Kier alpha value is -1.39. The molecule has 0 saturated carbocycles. The van der Waals surface area contributed by atoms with Crippen LogP contribution in [0.5, 0.6) is 0 Å². The average Bonchev–Trinajstić information content (AvgIpc) is 2.35. The number of carbonyl (C=O) groups excluding carboxylic acids is 1. The Morgan fingerprint density at radius 3 is 2.58 bits per heavy atom. The molecule has 0 aromatic heterocycles. The molecular weight excluding hydrogens is 303 g/mol. The molecule has 8 heteroatoms. The summed E-state index contributed by atoms with van der Waals surface area (Å²) in [7, 11) is 1.03. The molecule has 1 aromatic carbocycles. The quantitative estimate of drug-likeness (QED) is 0.485. The van der Waals surface area contributed by atoms with Gasteiger partial charge in [-0.15, -0.1) is 11.6 Å². The van der Waals surface area contributed by atoms with Crippen molar-refractivity contribution in [3.8, 4) is 6.07 Å². The van der Waals surface area contributed by atoms with E-state index < -0.39 is 28.8 Å². The zero-order chi connectivity index (χ0) is 14.6. The Kier molecular flexibility index (Phi) is 5.09. The van der Waals surface area contributed by atoms with Crippen molar-refractivity contribution >= 4 is 29.3 Å². The highest BCUT2D eigenvalue weighted by Crippen LogP contribution is 2.40. The van der Waals surface area contributed by atoms with Crippen molar-refractivity contribution in [2.75, 3.05) is 7.11 Å². The maximum atomic E-state index is 12.4. The van der Waals surface area contributed by atoms with Gasteiger partial charge in [0.05, 0.1) is 18.2 Å². The second kappa shape index (κ2) is 6.17. The molecule has 0 aliphatic rings. The minimum Gasteiger partial charge on any atom is -0.465 e. The third kappa shape index (κ3) is 3.78. The molecule has 0 atom stereocenters. The molecule has 0 heterocycles. The van der Waals surface area contributed by atoms with E-state index in [-0.39, 0.29) is 21.9 Å². The van der Waals surface area contributed by atoms with Gasteiger partial charge in [-0.1, -0.05) is 6.07 Å². The van der Waals surface area contributed by atoms with E-state index in [4.69, 9.17) is 16.9 Å². The van der Waals surface area contributed by atoms with Crippen LogP contribution in [-0.2, 0) is 10.6 Å². The number of rotatable bonds is 3. The van der Waals surface area contributed by atoms with Crippen molar-refractivity contribution in [2.45, 2.75) is 16.3 Å². The summed E-state index contributed by atoms with van der Waals surface area (Å²) < 4.78 is 41.6. The summed E-state index contributed by atoms with van der Waals surface area (Å²) in [6.45, 7) is 0. The summed E-state index contributed by atoms with van der Waals surface area (Å²) in [4.78, 5) is 11.2. The van der Waals surface area contributed by atoms with Gasteiger partial charge in [-0.25, -0.2) is 4.79 Å². The van der Waals surface area contributed by atoms with Gasteiger partial charge in [0, 0.05) is 10.8 Å². The highest BCUT2D eigenvalue weighted by atomic mass is 35.5. The lowest BCUT2D eigenvalue weighted by Crippen LogP contribution is -2.10. The summed E-state index contributed by atoms with van der Waals surface area (Å²) >= 11 is 5.11. The molecule has 19 heavy (non-hydrogen) atoms. The fourth-order valence-electron chi connectivity index (χ4n) is 1.38. The van der Waals surface area contributed by atoms with Gasteiger partial charge in [0.15, 0.2) is 0 Å². The van der Waals surface area contributed by atoms with E-state index in [1.807, 2.05) is 0 Å². The van der Waals surface area contributed by atoms with Crippen LogP contribution in [0.1, 0.15) is 21.5 Å². The molecule has 0 fully saturated rings. The number of esters is 1. The highest BCUT2D eigenvalue weighted by Gasteiger charge is 2.33. The molecule has 0 radical (unpaired) electrons. The lowest BCUT2D eigenvalue weighted by atomic mass is 10.0. The normalized spacial score (nSPS) is 10.9. The number of halogens is 4. The molecule has 0 spiro atoms. The SMILES string of the molecule is COC(=O)c1c(SC(F)(F)F)ccc(CCl)c1C#N. The van der Waals surface area contributed by atoms with Crippen LogP contribution < -0.4 is 0 Å². The predicted molar refractivity (Wildman–Crippen MR) is 64.0 cm³/mol. The number of nitriles is 1. The average molecular weight is 310 g/mol. The van der Waals surface area contributed by atoms with Crippen LogP contribution in [0, 0.1) is 11.3 Å². The Bertz CT molecular complexity index is 540. The van der Waals surface area contributed by atoms with Crippen molar-refractivity contribution in [3.05, 3.63) is 28.8 Å². The van der Waals surface area contributed by atoms with Crippen LogP contribution in [0.3, 0.4) is 0 Å². The number of thioether (sulfide) groups is 1. The molecule has 0 N–H and O–H groups in total. The number of methoxy groups -OCH3 is 1. The third-order valence-electron chi connectivity index (χ3n) is 2.12. The van der Waals surface area contributed by atoms with E-state index in [1.165, 1.54) is 6.07 Å². The van der Waals surface area contributed by atoms with Crippen molar-refractivity contribution in [3.63, 3.8) is 0 Å². The van der Waals surface area contributed by atoms with Gasteiger partial charge in [-0.3, -0.25) is 0 Å². The molecule has 102 valence electrons. The van der Waals surface area contributed by atoms with Gasteiger partial charge in [0.1, 0.15) is 6.07 Å². The lowest BCUT2D eigenvalue weighted by molar-refractivity contribution is -0.0328. The summed E-state index contributed by atoms with van der Waals surface area (Å²) in [6, 6.07) is 4.07. The number of hydrogen-bond acceptors (Lipinski definition) is 4. The van der Waals surface area contributed by atoms with Gasteiger partial charge >= 0.3 is 11.5 Å². The van der Waals surface area contributed by atoms with Crippen LogP contribution in [0.4, 0.5) is 13.2 Å². The van der Waals surface area contributed by atoms with Crippen LogP contribution in [0.15, 0.2) is 17.0 Å². The largest absolute Gasteiger partial charge is 0.465 e. The zero-order valence-corrected chi connectivity index (χ0v) is 11.1. The first-order valence-electron chi connectivity index (χ1n) is 4.80. The molecule has 3 nitrogen and oxygen atoms in total. The predicted octanol–water partition coefficient (Wildman–Crippen LogP) is 3.70. The first kappa shape index (κ1) is 15.7. The van der Waals surface area contributed by atoms with Crippen LogP contribution in [-0.4, -0.2) is 18.6 Å². The summed E-state index contributed by atoms with van der Waals surface area (Å²) in [5.41, 5.74) is -4.91. The first-order valence-corrected chi connectivity index (χ1v) is 6.15. The minimum atomic E-state index is -4.57. The Labute approximate surface area is 116 Å². The number of hydrogen-bond donors (Lipinski definition) is 0. The fourth-order valence-corrected chi connectivity index (χ4v) is 2.28. The molecule has 0 saturated heterocycles. The molecular formula is C11H7ClF3NO2S. The topological polar surface area (TPSA) is 50.1 Å². The Morgan fingerprint density at radius 2 is 2.16 bits per heavy atom. The van der Waals surface area contributed by atoms with E-state index in [2.05, 4.69) is 4.74 Å². The van der Waals surface area contributed by atoms with Gasteiger partial charge in [-0.05, 0) is 23.4 Å². The molecule has 0 bridgehead atoms. The van der Waals surface area contributed by atoms with E-state index in [0.29, 0.717) is 0 Å². The zero-order valence-electron chi connectivity index (χ0n) is 9.55. The fraction of sp³-hybridized carbons (Fsp3) is 0.273. The maximum absolute atomic E-state index is 12.4. The van der Waals surface area contributed by atoms with Crippen molar-refractivity contribution in [1.82, 2.24) is 0 Å². The minimum absolute atomic E-state index is 0.0934. The van der Waals surface area contributed by atoms with Crippen LogP contribution >= 0.6 is 23.4 Å². The maximum Gasteiger partial charge on any atom is 0.446 e. The van der Waals surface area contributed by atoms with Crippen LogP contribution in [0.25, 0.3) is 0 Å². The van der Waals surface area contributed by atoms with Gasteiger partial charge in [0.2, 0.25) is 0 Å². The second-order valence-corrected chi connectivity index (χ2v) is 4.63. The highest BCUT2D eigenvalue weighted by molar-refractivity contribution is 8.00.